The zero-order valence-corrected chi connectivity index (χ0v) is 21.4. The second-order valence-electron chi connectivity index (χ2n) is 7.43. The summed E-state index contributed by atoms with van der Waals surface area (Å²) in [4.78, 5) is 65.1. The third kappa shape index (κ3) is 10.4. The molecule has 0 bridgehead atoms. The SMILES string of the molecule is O=C(CNC(=O)c1cccc([N+](=O)[O-])c1)Nc1cccc(Br)c1.O=C(O)CNC(=O)c1cccc([N+](=O)[O-])c1. The summed E-state index contributed by atoms with van der Waals surface area (Å²) in [6.45, 7) is -0.768. The number of rotatable bonds is 9. The Morgan fingerprint density at radius 1 is 0.744 bits per heavy atom. The Hall–Kier alpha value is -5.18. The third-order valence-electron chi connectivity index (χ3n) is 4.56. The number of anilines is 1. The third-order valence-corrected chi connectivity index (χ3v) is 5.05. The van der Waals surface area contributed by atoms with E-state index in [-0.39, 0.29) is 29.0 Å². The van der Waals surface area contributed by atoms with E-state index in [0.717, 1.165) is 16.6 Å². The van der Waals surface area contributed by atoms with E-state index in [9.17, 15) is 39.4 Å². The Bertz CT molecular complexity index is 1410. The Balaban J connectivity index is 0.000000293. The molecule has 0 aliphatic rings. The van der Waals surface area contributed by atoms with Gasteiger partial charge in [-0.3, -0.25) is 39.4 Å². The molecule has 0 atom stereocenters. The molecule has 4 N–H and O–H groups in total. The van der Waals surface area contributed by atoms with E-state index >= 15 is 0 Å². The van der Waals surface area contributed by atoms with Crippen LogP contribution in [0.15, 0.2) is 77.3 Å². The minimum Gasteiger partial charge on any atom is -0.480 e. The van der Waals surface area contributed by atoms with Gasteiger partial charge in [-0.15, -0.1) is 0 Å². The molecule has 39 heavy (non-hydrogen) atoms. The molecule has 3 amide bonds. The summed E-state index contributed by atoms with van der Waals surface area (Å²) in [5.41, 5.74) is 0.359. The largest absolute Gasteiger partial charge is 0.480 e. The Morgan fingerprint density at radius 2 is 1.23 bits per heavy atom. The average molecular weight is 602 g/mol. The van der Waals surface area contributed by atoms with Crippen molar-refractivity contribution in [2.45, 2.75) is 0 Å². The lowest BCUT2D eigenvalue weighted by atomic mass is 10.2. The molecule has 0 aliphatic heterocycles. The monoisotopic (exact) mass is 601 g/mol. The first-order chi connectivity index (χ1) is 18.5. The predicted octanol–water partition coefficient (Wildman–Crippen LogP) is 3.14. The molecule has 14 nitrogen and oxygen atoms in total. The van der Waals surface area contributed by atoms with Crippen LogP contribution in [0.1, 0.15) is 20.7 Å². The highest BCUT2D eigenvalue weighted by molar-refractivity contribution is 9.10. The first-order valence-electron chi connectivity index (χ1n) is 10.8. The van der Waals surface area contributed by atoms with E-state index in [1.807, 2.05) is 6.07 Å². The topological polar surface area (TPSA) is 211 Å². The molecule has 0 heterocycles. The normalized spacial score (nSPS) is 9.77. The van der Waals surface area contributed by atoms with Crippen molar-refractivity contribution < 1.29 is 34.1 Å². The number of carboxylic acids is 1. The number of nitrogens with zero attached hydrogens (tertiary/aromatic N) is 2. The molecule has 3 rings (SSSR count). The molecule has 0 aromatic heterocycles. The van der Waals surface area contributed by atoms with E-state index in [4.69, 9.17) is 5.11 Å². The minimum absolute atomic E-state index is 0.0513. The number of carboxylic acid groups (broad SMARTS) is 1. The van der Waals surface area contributed by atoms with Crippen molar-refractivity contribution in [1.82, 2.24) is 10.6 Å². The van der Waals surface area contributed by atoms with Crippen molar-refractivity contribution >= 4 is 56.7 Å². The Kier molecular flexibility index (Phi) is 11.2. The van der Waals surface area contributed by atoms with Crippen LogP contribution in [0.2, 0.25) is 0 Å². The number of aliphatic carboxylic acids is 1. The molecule has 15 heteroatoms. The van der Waals surface area contributed by atoms with Gasteiger partial charge in [0.25, 0.3) is 23.2 Å². The first-order valence-corrected chi connectivity index (χ1v) is 11.6. The molecule has 0 saturated carbocycles. The number of halogens is 1. The quantitative estimate of drug-likeness (QED) is 0.209. The number of hydrogen-bond donors (Lipinski definition) is 4. The fourth-order valence-corrected chi connectivity index (χ4v) is 3.21. The summed E-state index contributed by atoms with van der Waals surface area (Å²) in [6.07, 6.45) is 0. The van der Waals surface area contributed by atoms with Gasteiger partial charge in [-0.1, -0.05) is 34.1 Å². The number of carbonyl (C=O) groups excluding carboxylic acids is 3. The standard InChI is InChI=1S/C15H12BrN3O4.C9H8N2O5/c16-11-4-2-5-12(8-11)18-14(20)9-17-15(21)10-3-1-6-13(7-10)19(22)23;12-8(13)5-10-9(14)6-2-1-3-7(4-6)11(15)16/h1-8H,9H2,(H,17,21)(H,18,20);1-4H,5H2,(H,10,14)(H,12,13). The second kappa shape index (κ2) is 14.5. The van der Waals surface area contributed by atoms with Crippen molar-refractivity contribution in [3.05, 3.63) is 109 Å². The van der Waals surface area contributed by atoms with Crippen LogP contribution in [-0.4, -0.2) is 51.7 Å². The number of nitrogens with one attached hydrogen (secondary N) is 3. The Labute approximate surface area is 228 Å². The minimum atomic E-state index is -1.18. The Morgan fingerprint density at radius 3 is 1.69 bits per heavy atom. The van der Waals surface area contributed by atoms with Crippen LogP contribution in [-0.2, 0) is 9.59 Å². The zero-order valence-electron chi connectivity index (χ0n) is 19.8. The summed E-state index contributed by atoms with van der Waals surface area (Å²) in [5.74, 6) is -2.80. The van der Waals surface area contributed by atoms with Crippen molar-refractivity contribution in [3.8, 4) is 0 Å². The maximum Gasteiger partial charge on any atom is 0.322 e. The molecule has 0 aliphatic carbocycles. The molecule has 202 valence electrons. The van der Waals surface area contributed by atoms with E-state index in [0.29, 0.717) is 5.69 Å². The summed E-state index contributed by atoms with van der Waals surface area (Å²) in [5, 5.41) is 36.6. The van der Waals surface area contributed by atoms with Gasteiger partial charge in [0.1, 0.15) is 6.54 Å². The van der Waals surface area contributed by atoms with Crippen LogP contribution in [0.4, 0.5) is 17.1 Å². The molecule has 0 spiro atoms. The average Bonchev–Trinajstić information content (AvgIpc) is 2.90. The van der Waals surface area contributed by atoms with Crippen LogP contribution in [0.3, 0.4) is 0 Å². The van der Waals surface area contributed by atoms with Crippen molar-refractivity contribution in [3.63, 3.8) is 0 Å². The zero-order chi connectivity index (χ0) is 28.9. The van der Waals surface area contributed by atoms with E-state index in [2.05, 4.69) is 31.9 Å². The number of benzene rings is 3. The number of carbonyl (C=O) groups is 4. The first kappa shape index (κ1) is 30.0. The highest BCUT2D eigenvalue weighted by Crippen LogP contribution is 2.16. The van der Waals surface area contributed by atoms with Gasteiger partial charge in [0.05, 0.1) is 16.4 Å². The number of hydrogen-bond acceptors (Lipinski definition) is 8. The van der Waals surface area contributed by atoms with Crippen molar-refractivity contribution in [2.24, 2.45) is 0 Å². The second-order valence-corrected chi connectivity index (χ2v) is 8.35. The summed E-state index contributed by atoms with van der Waals surface area (Å²) in [7, 11) is 0. The molecule has 0 fully saturated rings. The fraction of sp³-hybridized carbons (Fsp3) is 0.0833. The van der Waals surface area contributed by atoms with Gasteiger partial charge >= 0.3 is 5.97 Å². The molecule has 3 aromatic rings. The highest BCUT2D eigenvalue weighted by Gasteiger charge is 2.13. The van der Waals surface area contributed by atoms with Crippen LogP contribution >= 0.6 is 15.9 Å². The molecule has 0 radical (unpaired) electrons. The molecular weight excluding hydrogens is 582 g/mol. The van der Waals surface area contributed by atoms with Crippen LogP contribution < -0.4 is 16.0 Å². The summed E-state index contributed by atoms with van der Waals surface area (Å²) >= 11 is 3.29. The smallest absolute Gasteiger partial charge is 0.322 e. The number of amides is 3. The van der Waals surface area contributed by atoms with Gasteiger partial charge in [0.15, 0.2) is 0 Å². The molecular formula is C24H20BrN5O9. The van der Waals surface area contributed by atoms with Crippen LogP contribution in [0.5, 0.6) is 0 Å². The van der Waals surface area contributed by atoms with E-state index in [1.54, 1.807) is 18.2 Å². The van der Waals surface area contributed by atoms with Gasteiger partial charge in [0, 0.05) is 45.6 Å². The van der Waals surface area contributed by atoms with E-state index in [1.165, 1.54) is 36.4 Å². The predicted molar refractivity (Wildman–Crippen MR) is 141 cm³/mol. The number of non-ortho nitro benzene ring substituents is 2. The lowest BCUT2D eigenvalue weighted by molar-refractivity contribution is -0.385. The number of nitro benzene ring substituents is 2. The molecule has 3 aromatic carbocycles. The van der Waals surface area contributed by atoms with Gasteiger partial charge in [-0.25, -0.2) is 0 Å². The fourth-order valence-electron chi connectivity index (χ4n) is 2.81. The van der Waals surface area contributed by atoms with Crippen LogP contribution in [0.25, 0.3) is 0 Å². The van der Waals surface area contributed by atoms with Gasteiger partial charge < -0.3 is 21.1 Å². The lowest BCUT2D eigenvalue weighted by Crippen LogP contribution is -2.32. The summed E-state index contributed by atoms with van der Waals surface area (Å²) in [6, 6.07) is 17.4. The maximum atomic E-state index is 11.9. The van der Waals surface area contributed by atoms with Crippen molar-refractivity contribution in [2.75, 3.05) is 18.4 Å². The number of nitro groups is 2. The highest BCUT2D eigenvalue weighted by atomic mass is 79.9. The van der Waals surface area contributed by atoms with Crippen molar-refractivity contribution in [1.29, 1.82) is 0 Å². The summed E-state index contributed by atoms with van der Waals surface area (Å²) < 4.78 is 0.816. The lowest BCUT2D eigenvalue weighted by Gasteiger charge is -2.07. The van der Waals surface area contributed by atoms with Gasteiger partial charge in [0.2, 0.25) is 5.91 Å². The molecule has 0 saturated heterocycles. The van der Waals surface area contributed by atoms with E-state index < -0.39 is 40.1 Å². The maximum absolute atomic E-state index is 11.9. The van der Waals surface area contributed by atoms with Crippen LogP contribution in [0, 0.1) is 20.2 Å². The van der Waals surface area contributed by atoms with Gasteiger partial charge in [-0.2, -0.15) is 0 Å². The van der Waals surface area contributed by atoms with Gasteiger partial charge in [-0.05, 0) is 30.3 Å². The molecule has 0 unspecified atom stereocenters.